The van der Waals surface area contributed by atoms with E-state index in [2.05, 4.69) is 20.3 Å². The third-order valence-electron chi connectivity index (χ3n) is 5.32. The van der Waals surface area contributed by atoms with Gasteiger partial charge in [-0.1, -0.05) is 6.92 Å². The molecule has 0 unspecified atom stereocenters. The van der Waals surface area contributed by atoms with Crippen LogP contribution in [0.4, 0.5) is 21.7 Å². The molecule has 2 N–H and O–H groups in total. The number of imidazole rings is 1. The van der Waals surface area contributed by atoms with Gasteiger partial charge >= 0.3 is 0 Å². The highest BCUT2D eigenvalue weighted by Crippen LogP contribution is 2.36. The van der Waals surface area contributed by atoms with E-state index in [1.165, 1.54) is 6.07 Å². The Kier molecular flexibility index (Phi) is 4.66. The molecule has 1 aromatic carbocycles. The van der Waals surface area contributed by atoms with Crippen LogP contribution in [0, 0.1) is 30.0 Å². The molecule has 1 aliphatic rings. The van der Waals surface area contributed by atoms with Crippen LogP contribution in [0.3, 0.4) is 0 Å². The van der Waals surface area contributed by atoms with Crippen molar-refractivity contribution < 1.29 is 9.18 Å². The summed E-state index contributed by atoms with van der Waals surface area (Å²) in [6, 6.07) is 4.81. The highest BCUT2D eigenvalue weighted by molar-refractivity contribution is 6.01. The summed E-state index contributed by atoms with van der Waals surface area (Å²) in [6.07, 6.45) is 3.97. The quantitative estimate of drug-likeness (QED) is 0.685. The summed E-state index contributed by atoms with van der Waals surface area (Å²) in [5.74, 6) is 0.386. The highest BCUT2D eigenvalue weighted by atomic mass is 19.1. The molecule has 0 spiro atoms. The van der Waals surface area contributed by atoms with Gasteiger partial charge in [0.1, 0.15) is 23.2 Å². The molecule has 0 atom stereocenters. The van der Waals surface area contributed by atoms with Gasteiger partial charge < -0.3 is 15.2 Å². The van der Waals surface area contributed by atoms with E-state index in [4.69, 9.17) is 5.26 Å². The molecule has 0 aliphatic heterocycles. The standard InChI is InChI=1S/C21H21FN6O/c1-4-12-7-14(9-23)15(22)8-16(12)28(3)20-11(2)17-18(25-10-24-17)19(26-20)27-21(29)13-5-6-13/h7-8,10,13H,4-6H2,1-3H3,(H,24,25)(H,26,27,29). The first-order chi connectivity index (χ1) is 13.9. The van der Waals surface area contributed by atoms with Crippen molar-refractivity contribution in [2.75, 3.05) is 17.3 Å². The lowest BCUT2D eigenvalue weighted by atomic mass is 10.0. The molecule has 8 heteroatoms. The normalized spacial score (nSPS) is 13.3. The molecule has 1 aliphatic carbocycles. The van der Waals surface area contributed by atoms with Gasteiger partial charge in [-0.25, -0.2) is 14.4 Å². The second-order valence-corrected chi connectivity index (χ2v) is 7.28. The Balaban J connectivity index is 1.83. The summed E-state index contributed by atoms with van der Waals surface area (Å²) in [5.41, 5.74) is 3.63. The van der Waals surface area contributed by atoms with Crippen molar-refractivity contribution in [3.8, 4) is 6.07 Å². The van der Waals surface area contributed by atoms with Crippen LogP contribution in [0.2, 0.25) is 0 Å². The smallest absolute Gasteiger partial charge is 0.228 e. The number of aryl methyl sites for hydroxylation is 2. The van der Waals surface area contributed by atoms with Gasteiger partial charge in [-0.15, -0.1) is 0 Å². The third kappa shape index (κ3) is 3.29. The number of benzene rings is 1. The van der Waals surface area contributed by atoms with Crippen molar-refractivity contribution in [1.82, 2.24) is 15.0 Å². The van der Waals surface area contributed by atoms with E-state index in [0.29, 0.717) is 34.8 Å². The average Bonchev–Trinajstić information content (AvgIpc) is 3.45. The number of halogens is 1. The number of rotatable bonds is 5. The van der Waals surface area contributed by atoms with E-state index in [1.54, 1.807) is 24.3 Å². The summed E-state index contributed by atoms with van der Waals surface area (Å²) in [4.78, 5) is 26.2. The fourth-order valence-electron chi connectivity index (χ4n) is 3.49. The predicted molar refractivity (Wildman–Crippen MR) is 109 cm³/mol. The van der Waals surface area contributed by atoms with Gasteiger partial charge in [0.25, 0.3) is 0 Å². The fourth-order valence-corrected chi connectivity index (χ4v) is 3.49. The summed E-state index contributed by atoms with van der Waals surface area (Å²) in [5, 5.41) is 12.0. The number of pyridine rings is 1. The molecule has 1 fully saturated rings. The lowest BCUT2D eigenvalue weighted by molar-refractivity contribution is -0.117. The number of amides is 1. The van der Waals surface area contributed by atoms with Crippen molar-refractivity contribution in [1.29, 1.82) is 5.26 Å². The van der Waals surface area contributed by atoms with E-state index in [9.17, 15) is 9.18 Å². The Labute approximate surface area is 167 Å². The van der Waals surface area contributed by atoms with Gasteiger partial charge in [0.05, 0.1) is 17.4 Å². The van der Waals surface area contributed by atoms with Crippen molar-refractivity contribution in [2.45, 2.75) is 33.1 Å². The van der Waals surface area contributed by atoms with E-state index < -0.39 is 5.82 Å². The minimum atomic E-state index is -0.577. The molecule has 0 saturated heterocycles. The molecular weight excluding hydrogens is 371 g/mol. The number of nitriles is 1. The average molecular weight is 392 g/mol. The first kappa shape index (κ1) is 18.9. The molecule has 4 rings (SSSR count). The maximum atomic E-state index is 14.3. The number of hydrogen-bond donors (Lipinski definition) is 2. The Bertz CT molecular complexity index is 1160. The molecule has 0 radical (unpaired) electrons. The predicted octanol–water partition coefficient (Wildman–Crippen LogP) is 3.96. The number of fused-ring (bicyclic) bond motifs is 1. The molecule has 148 valence electrons. The Morgan fingerprint density at radius 1 is 1.45 bits per heavy atom. The van der Waals surface area contributed by atoms with E-state index in [0.717, 1.165) is 24.0 Å². The van der Waals surface area contributed by atoms with Crippen LogP contribution in [0.15, 0.2) is 18.5 Å². The Morgan fingerprint density at radius 3 is 2.86 bits per heavy atom. The van der Waals surface area contributed by atoms with E-state index >= 15 is 0 Å². The Morgan fingerprint density at radius 2 is 2.21 bits per heavy atom. The van der Waals surface area contributed by atoms with Gasteiger partial charge in [-0.3, -0.25) is 4.79 Å². The molecule has 7 nitrogen and oxygen atoms in total. The number of aromatic amines is 1. The molecule has 2 aromatic heterocycles. The van der Waals surface area contributed by atoms with Gasteiger partial charge in [-0.2, -0.15) is 5.26 Å². The molecule has 3 aromatic rings. The van der Waals surface area contributed by atoms with E-state index in [1.807, 2.05) is 19.9 Å². The number of aromatic nitrogens is 3. The first-order valence-electron chi connectivity index (χ1n) is 9.55. The summed E-state index contributed by atoms with van der Waals surface area (Å²) in [7, 11) is 1.79. The number of carbonyl (C=O) groups is 1. The van der Waals surface area contributed by atoms with Crippen LogP contribution in [0.1, 0.15) is 36.5 Å². The molecule has 0 bridgehead atoms. The van der Waals surface area contributed by atoms with Gasteiger partial charge in [0.15, 0.2) is 5.82 Å². The maximum absolute atomic E-state index is 14.3. The number of anilines is 3. The number of nitrogens with zero attached hydrogens (tertiary/aromatic N) is 4. The molecule has 1 amide bonds. The van der Waals surface area contributed by atoms with Gasteiger partial charge in [0.2, 0.25) is 5.91 Å². The van der Waals surface area contributed by atoms with Crippen molar-refractivity contribution >= 4 is 34.3 Å². The summed E-state index contributed by atoms with van der Waals surface area (Å²) in [6.45, 7) is 3.84. The topological polar surface area (TPSA) is 97.7 Å². The Hall–Kier alpha value is -3.47. The first-order valence-corrected chi connectivity index (χ1v) is 9.55. The van der Waals surface area contributed by atoms with Crippen LogP contribution >= 0.6 is 0 Å². The number of carbonyl (C=O) groups excluding carboxylic acids is 1. The second kappa shape index (κ2) is 7.17. The lowest BCUT2D eigenvalue weighted by Crippen LogP contribution is -2.19. The van der Waals surface area contributed by atoms with Crippen LogP contribution in [-0.4, -0.2) is 27.9 Å². The number of nitrogens with one attached hydrogen (secondary N) is 2. The van der Waals surface area contributed by atoms with Crippen LogP contribution in [0.25, 0.3) is 11.0 Å². The monoisotopic (exact) mass is 392 g/mol. The molecular formula is C21H21FN6O. The van der Waals surface area contributed by atoms with Crippen LogP contribution in [0.5, 0.6) is 0 Å². The zero-order valence-electron chi connectivity index (χ0n) is 16.5. The van der Waals surface area contributed by atoms with Crippen molar-refractivity contribution in [3.63, 3.8) is 0 Å². The highest BCUT2D eigenvalue weighted by Gasteiger charge is 2.31. The lowest BCUT2D eigenvalue weighted by Gasteiger charge is -2.24. The van der Waals surface area contributed by atoms with E-state index in [-0.39, 0.29) is 17.4 Å². The summed E-state index contributed by atoms with van der Waals surface area (Å²) < 4.78 is 14.3. The zero-order chi connectivity index (χ0) is 20.7. The fraction of sp³-hybridized carbons (Fsp3) is 0.333. The van der Waals surface area contributed by atoms with Gasteiger partial charge in [-0.05, 0) is 43.9 Å². The molecule has 1 saturated carbocycles. The number of hydrogen-bond acceptors (Lipinski definition) is 5. The van der Waals surface area contributed by atoms with Gasteiger partial charge in [0, 0.05) is 24.2 Å². The number of H-pyrrole nitrogens is 1. The SMILES string of the molecule is CCc1cc(C#N)c(F)cc1N(C)c1nc(NC(=O)C2CC2)c2[nH]cnc2c1C. The van der Waals surface area contributed by atoms with Crippen molar-refractivity contribution in [2.24, 2.45) is 5.92 Å². The van der Waals surface area contributed by atoms with Crippen LogP contribution in [-0.2, 0) is 11.2 Å². The molecule has 2 heterocycles. The van der Waals surface area contributed by atoms with Crippen LogP contribution < -0.4 is 10.2 Å². The largest absolute Gasteiger partial charge is 0.342 e. The second-order valence-electron chi connectivity index (χ2n) is 7.28. The molecule has 29 heavy (non-hydrogen) atoms. The third-order valence-corrected chi connectivity index (χ3v) is 5.32. The summed E-state index contributed by atoms with van der Waals surface area (Å²) >= 11 is 0. The minimum Gasteiger partial charge on any atom is -0.342 e. The minimum absolute atomic E-state index is 0.0174. The van der Waals surface area contributed by atoms with Crippen molar-refractivity contribution in [3.05, 3.63) is 41.0 Å². The maximum Gasteiger partial charge on any atom is 0.228 e. The zero-order valence-corrected chi connectivity index (χ0v) is 16.5.